The predicted molar refractivity (Wildman–Crippen MR) is 71.6 cm³/mol. The Morgan fingerprint density at radius 2 is 1.88 bits per heavy atom. The summed E-state index contributed by atoms with van der Waals surface area (Å²) in [5, 5.41) is 6.83. The normalized spacial score (nSPS) is 10.9. The van der Waals surface area contributed by atoms with Crippen LogP contribution in [0.1, 0.15) is 27.2 Å². The zero-order valence-corrected chi connectivity index (χ0v) is 10.5. The highest BCUT2D eigenvalue weighted by molar-refractivity contribution is 5.44. The van der Waals surface area contributed by atoms with Gasteiger partial charge in [-0.25, -0.2) is 0 Å². The van der Waals surface area contributed by atoms with Gasteiger partial charge in [-0.3, -0.25) is 0 Å². The quantitative estimate of drug-likeness (QED) is 0.764. The van der Waals surface area contributed by atoms with Gasteiger partial charge in [0.1, 0.15) is 0 Å². The largest absolute Gasteiger partial charge is 0.386 e. The van der Waals surface area contributed by atoms with E-state index in [0.29, 0.717) is 0 Å². The molecule has 0 aliphatic rings. The molecule has 0 spiro atoms. The molecule has 0 atom stereocenters. The zero-order valence-electron chi connectivity index (χ0n) is 10.5. The molecule has 1 rings (SSSR count). The molecule has 2 nitrogen and oxygen atoms in total. The van der Waals surface area contributed by atoms with E-state index >= 15 is 0 Å². The maximum absolute atomic E-state index is 3.94. The fourth-order valence-corrected chi connectivity index (χ4v) is 1.43. The Labute approximate surface area is 98.8 Å². The van der Waals surface area contributed by atoms with E-state index in [1.54, 1.807) is 0 Å². The van der Waals surface area contributed by atoms with Crippen molar-refractivity contribution in [1.82, 2.24) is 5.32 Å². The summed E-state index contributed by atoms with van der Waals surface area (Å²) in [5.41, 5.74) is 2.25. The molecule has 2 N–H and O–H groups in total. The Hall–Kier alpha value is -1.44. The summed E-state index contributed by atoms with van der Waals surface area (Å²) in [6.45, 7) is 11.3. The van der Waals surface area contributed by atoms with Crippen LogP contribution in [0.3, 0.4) is 0 Å². The minimum atomic E-state index is 0.0134. The summed E-state index contributed by atoms with van der Waals surface area (Å²) in [4.78, 5) is 0. The molecular formula is C14H22N2. The number of para-hydroxylation sites is 1. The van der Waals surface area contributed by atoms with E-state index in [1.165, 1.54) is 0 Å². The lowest BCUT2D eigenvalue weighted by molar-refractivity contribution is 0.528. The first-order valence-corrected chi connectivity index (χ1v) is 5.78. The lowest BCUT2D eigenvalue weighted by atomic mass is 10.0. The third kappa shape index (κ3) is 4.39. The van der Waals surface area contributed by atoms with Crippen LogP contribution in [0.5, 0.6) is 0 Å². The third-order valence-corrected chi connectivity index (χ3v) is 2.46. The molecule has 0 saturated heterocycles. The number of benzene rings is 1. The Morgan fingerprint density at radius 3 is 2.44 bits per heavy atom. The highest BCUT2D eigenvalue weighted by Crippen LogP contribution is 2.14. The van der Waals surface area contributed by atoms with Crippen LogP contribution in [0, 0.1) is 0 Å². The fraction of sp³-hybridized carbons (Fsp3) is 0.429. The van der Waals surface area contributed by atoms with E-state index in [9.17, 15) is 0 Å². The van der Waals surface area contributed by atoms with Gasteiger partial charge in [-0.2, -0.15) is 0 Å². The van der Waals surface area contributed by atoms with Crippen molar-refractivity contribution in [3.05, 3.63) is 42.6 Å². The van der Waals surface area contributed by atoms with Gasteiger partial charge < -0.3 is 10.6 Å². The highest BCUT2D eigenvalue weighted by atomic mass is 15.0. The van der Waals surface area contributed by atoms with Crippen LogP contribution in [0.2, 0.25) is 0 Å². The standard InChI is InChI=1S/C14H22N2/c1-5-12(2)15-11-14(3,4)16-13-9-7-6-8-10-13/h6-10,15-16H,2,5,11H2,1,3-4H3. The van der Waals surface area contributed by atoms with E-state index in [4.69, 9.17) is 0 Å². The number of allylic oxidation sites excluding steroid dienone is 1. The number of anilines is 1. The minimum absolute atomic E-state index is 0.0134. The van der Waals surface area contributed by atoms with Gasteiger partial charge in [-0.1, -0.05) is 31.7 Å². The molecule has 16 heavy (non-hydrogen) atoms. The van der Waals surface area contributed by atoms with Crippen molar-refractivity contribution in [2.24, 2.45) is 0 Å². The molecular weight excluding hydrogens is 196 g/mol. The Balaban J connectivity index is 2.48. The number of nitrogens with one attached hydrogen (secondary N) is 2. The van der Waals surface area contributed by atoms with Crippen molar-refractivity contribution in [3.8, 4) is 0 Å². The lowest BCUT2D eigenvalue weighted by Crippen LogP contribution is -2.41. The summed E-state index contributed by atoms with van der Waals surface area (Å²) < 4.78 is 0. The van der Waals surface area contributed by atoms with Crippen LogP contribution in [-0.2, 0) is 0 Å². The molecule has 88 valence electrons. The number of hydrogen-bond acceptors (Lipinski definition) is 2. The van der Waals surface area contributed by atoms with Gasteiger partial charge in [0.05, 0.1) is 0 Å². The summed E-state index contributed by atoms with van der Waals surface area (Å²) in [6, 6.07) is 10.3. The van der Waals surface area contributed by atoms with Gasteiger partial charge in [0.2, 0.25) is 0 Å². The first-order chi connectivity index (χ1) is 7.53. The lowest BCUT2D eigenvalue weighted by Gasteiger charge is -2.28. The Kier molecular flexibility index (Phi) is 4.41. The van der Waals surface area contributed by atoms with Crippen molar-refractivity contribution in [3.63, 3.8) is 0 Å². The molecule has 0 aliphatic carbocycles. The average Bonchev–Trinajstić information content (AvgIpc) is 2.27. The summed E-state index contributed by atoms with van der Waals surface area (Å²) >= 11 is 0. The smallest absolute Gasteiger partial charge is 0.0489 e. The van der Waals surface area contributed by atoms with Crippen LogP contribution in [0.4, 0.5) is 5.69 Å². The van der Waals surface area contributed by atoms with Gasteiger partial charge >= 0.3 is 0 Å². The Bertz CT molecular complexity index is 328. The molecule has 1 aromatic rings. The van der Waals surface area contributed by atoms with Gasteiger partial charge in [-0.15, -0.1) is 0 Å². The minimum Gasteiger partial charge on any atom is -0.386 e. The zero-order chi connectivity index (χ0) is 12.0. The molecule has 0 radical (unpaired) electrons. The first kappa shape index (κ1) is 12.6. The molecule has 0 fully saturated rings. The van der Waals surface area contributed by atoms with E-state index in [2.05, 4.69) is 50.1 Å². The monoisotopic (exact) mass is 218 g/mol. The van der Waals surface area contributed by atoms with Crippen molar-refractivity contribution in [2.75, 3.05) is 11.9 Å². The van der Waals surface area contributed by atoms with Gasteiger partial charge in [-0.05, 0) is 32.4 Å². The van der Waals surface area contributed by atoms with E-state index in [-0.39, 0.29) is 5.54 Å². The van der Waals surface area contributed by atoms with Crippen LogP contribution in [-0.4, -0.2) is 12.1 Å². The van der Waals surface area contributed by atoms with Crippen molar-refractivity contribution in [2.45, 2.75) is 32.7 Å². The maximum atomic E-state index is 3.94. The molecule has 0 saturated carbocycles. The number of rotatable bonds is 6. The van der Waals surface area contributed by atoms with E-state index in [1.807, 2.05) is 18.2 Å². The summed E-state index contributed by atoms with van der Waals surface area (Å²) in [5.74, 6) is 0. The van der Waals surface area contributed by atoms with Crippen molar-refractivity contribution < 1.29 is 0 Å². The fourth-order valence-electron chi connectivity index (χ4n) is 1.43. The molecule has 1 aromatic carbocycles. The van der Waals surface area contributed by atoms with E-state index in [0.717, 1.165) is 24.4 Å². The molecule has 0 bridgehead atoms. The van der Waals surface area contributed by atoms with Crippen LogP contribution in [0.25, 0.3) is 0 Å². The van der Waals surface area contributed by atoms with Gasteiger partial charge in [0.25, 0.3) is 0 Å². The first-order valence-electron chi connectivity index (χ1n) is 5.78. The Morgan fingerprint density at radius 1 is 1.25 bits per heavy atom. The molecule has 0 unspecified atom stereocenters. The molecule has 0 amide bonds. The summed E-state index contributed by atoms with van der Waals surface area (Å²) in [6.07, 6.45) is 0.974. The molecule has 0 aromatic heterocycles. The van der Waals surface area contributed by atoms with E-state index < -0.39 is 0 Å². The topological polar surface area (TPSA) is 24.1 Å². The van der Waals surface area contributed by atoms with Crippen molar-refractivity contribution in [1.29, 1.82) is 0 Å². The van der Waals surface area contributed by atoms with Crippen LogP contribution >= 0.6 is 0 Å². The maximum Gasteiger partial charge on any atom is 0.0489 e. The molecule has 0 aliphatic heterocycles. The van der Waals surface area contributed by atoms with Crippen LogP contribution in [0.15, 0.2) is 42.6 Å². The van der Waals surface area contributed by atoms with Crippen LogP contribution < -0.4 is 10.6 Å². The predicted octanol–water partition coefficient (Wildman–Crippen LogP) is 3.39. The number of hydrogen-bond donors (Lipinski definition) is 2. The molecule has 0 heterocycles. The third-order valence-electron chi connectivity index (χ3n) is 2.46. The average molecular weight is 218 g/mol. The second-order valence-corrected chi connectivity index (χ2v) is 4.69. The molecule has 2 heteroatoms. The van der Waals surface area contributed by atoms with Gasteiger partial charge in [0, 0.05) is 23.5 Å². The second-order valence-electron chi connectivity index (χ2n) is 4.69. The SMILES string of the molecule is C=C(CC)NCC(C)(C)Nc1ccccc1. The van der Waals surface area contributed by atoms with Crippen molar-refractivity contribution >= 4 is 5.69 Å². The highest BCUT2D eigenvalue weighted by Gasteiger charge is 2.16. The van der Waals surface area contributed by atoms with Gasteiger partial charge in [0.15, 0.2) is 0 Å². The second kappa shape index (κ2) is 5.59. The summed E-state index contributed by atoms with van der Waals surface area (Å²) in [7, 11) is 0.